The molecular formula is C24H31ClN4O. The molecule has 0 amide bonds. The molecule has 1 aromatic heterocycles. The lowest BCUT2D eigenvalue weighted by molar-refractivity contribution is 0.0241. The smallest absolute Gasteiger partial charge is 0.224 e. The first-order valence-corrected chi connectivity index (χ1v) is 11.5. The van der Waals surface area contributed by atoms with Crippen LogP contribution in [0.4, 0.5) is 11.5 Å². The minimum atomic E-state index is 0.371. The maximum absolute atomic E-state index is 6.37. The third kappa shape index (κ3) is 3.36. The number of ether oxygens (including phenoxy) is 1. The third-order valence-corrected chi connectivity index (χ3v) is 7.40. The van der Waals surface area contributed by atoms with Crippen molar-refractivity contribution in [3.63, 3.8) is 0 Å². The van der Waals surface area contributed by atoms with Gasteiger partial charge in [-0.1, -0.05) is 26.0 Å². The molecule has 4 aliphatic rings. The van der Waals surface area contributed by atoms with E-state index in [0.29, 0.717) is 29.4 Å². The fraction of sp³-hybridized carbons (Fsp3) is 0.583. The van der Waals surface area contributed by atoms with E-state index in [2.05, 4.69) is 53.8 Å². The van der Waals surface area contributed by atoms with E-state index < -0.39 is 0 Å². The number of piperidine rings is 1. The summed E-state index contributed by atoms with van der Waals surface area (Å²) < 4.78 is 5.64. The van der Waals surface area contributed by atoms with Crippen molar-refractivity contribution >= 4 is 23.1 Å². The molecule has 6 rings (SSSR count). The zero-order valence-electron chi connectivity index (χ0n) is 18.4. The summed E-state index contributed by atoms with van der Waals surface area (Å²) in [6.45, 7) is 8.52. The maximum Gasteiger partial charge on any atom is 0.224 e. The van der Waals surface area contributed by atoms with Crippen LogP contribution >= 0.6 is 11.6 Å². The van der Waals surface area contributed by atoms with Crippen molar-refractivity contribution < 1.29 is 4.74 Å². The van der Waals surface area contributed by atoms with E-state index >= 15 is 0 Å². The lowest BCUT2D eigenvalue weighted by Gasteiger charge is -2.56. The van der Waals surface area contributed by atoms with Crippen LogP contribution in [0.15, 0.2) is 18.2 Å². The van der Waals surface area contributed by atoms with Gasteiger partial charge in [0, 0.05) is 50.0 Å². The van der Waals surface area contributed by atoms with Gasteiger partial charge in [0.2, 0.25) is 5.28 Å². The second-order valence-corrected chi connectivity index (χ2v) is 9.73. The van der Waals surface area contributed by atoms with Gasteiger partial charge >= 0.3 is 0 Å². The molecule has 2 aromatic rings. The number of rotatable bonds is 4. The summed E-state index contributed by atoms with van der Waals surface area (Å²) in [5.74, 6) is 1.58. The molecule has 3 atom stereocenters. The molecule has 1 aromatic carbocycles. The molecule has 2 bridgehead atoms. The Morgan fingerprint density at radius 1 is 1.13 bits per heavy atom. The standard InChI is InChI=1S/C24H31ClN4O/c1-14(2)16-6-5-15(3)22(9-16)28-8-7-21-20(13-28)23(27-24(25)26-21)29-17-10-18(29)12-19(11-17)30-4/h5-6,9,14,17-19H,7-8,10-13H2,1-4H3/t17-,18+,19?. The minimum Gasteiger partial charge on any atom is -0.381 e. The zero-order valence-corrected chi connectivity index (χ0v) is 19.1. The average Bonchev–Trinajstić information content (AvgIpc) is 2.73. The summed E-state index contributed by atoms with van der Waals surface area (Å²) in [6.07, 6.45) is 4.65. The summed E-state index contributed by atoms with van der Waals surface area (Å²) in [5.41, 5.74) is 6.41. The molecule has 0 N–H and O–H groups in total. The number of benzene rings is 1. The number of fused-ring (bicyclic) bond motifs is 3. The Hall–Kier alpha value is -1.85. The van der Waals surface area contributed by atoms with Gasteiger partial charge in [0.1, 0.15) is 5.82 Å². The van der Waals surface area contributed by atoms with Gasteiger partial charge in [-0.25, -0.2) is 9.97 Å². The van der Waals surface area contributed by atoms with Crippen molar-refractivity contribution in [2.24, 2.45) is 0 Å². The molecule has 1 saturated carbocycles. The van der Waals surface area contributed by atoms with Crippen LogP contribution in [0.25, 0.3) is 0 Å². The number of anilines is 2. The Bertz CT molecular complexity index is 950. The molecule has 3 aliphatic heterocycles. The molecule has 1 unspecified atom stereocenters. The predicted octanol–water partition coefficient (Wildman–Crippen LogP) is 4.88. The number of nitrogens with zero attached hydrogens (tertiary/aromatic N) is 4. The van der Waals surface area contributed by atoms with E-state index in [0.717, 1.165) is 43.9 Å². The highest BCUT2D eigenvalue weighted by atomic mass is 35.5. The van der Waals surface area contributed by atoms with Crippen LogP contribution < -0.4 is 9.80 Å². The predicted molar refractivity (Wildman–Crippen MR) is 122 cm³/mol. The van der Waals surface area contributed by atoms with E-state index in [1.54, 1.807) is 0 Å². The fourth-order valence-corrected chi connectivity index (χ4v) is 5.66. The molecule has 5 nitrogen and oxygen atoms in total. The van der Waals surface area contributed by atoms with Crippen LogP contribution in [0, 0.1) is 6.92 Å². The summed E-state index contributed by atoms with van der Waals surface area (Å²) >= 11 is 6.37. The van der Waals surface area contributed by atoms with Gasteiger partial charge < -0.3 is 14.5 Å². The van der Waals surface area contributed by atoms with Crippen molar-refractivity contribution in [3.05, 3.63) is 45.9 Å². The maximum atomic E-state index is 6.37. The molecule has 2 saturated heterocycles. The van der Waals surface area contributed by atoms with Gasteiger partial charge in [0.15, 0.2) is 0 Å². The summed E-state index contributed by atoms with van der Waals surface area (Å²) in [4.78, 5) is 14.4. The highest BCUT2D eigenvalue weighted by Gasteiger charge is 2.47. The largest absolute Gasteiger partial charge is 0.381 e. The first-order valence-electron chi connectivity index (χ1n) is 11.2. The quantitative estimate of drug-likeness (QED) is 0.651. The Morgan fingerprint density at radius 3 is 2.60 bits per heavy atom. The van der Waals surface area contributed by atoms with Gasteiger partial charge in [-0.05, 0) is 60.9 Å². The fourth-order valence-electron chi connectivity index (χ4n) is 5.48. The van der Waals surface area contributed by atoms with E-state index in [1.165, 1.54) is 28.8 Å². The van der Waals surface area contributed by atoms with E-state index in [4.69, 9.17) is 21.3 Å². The molecule has 3 fully saturated rings. The van der Waals surface area contributed by atoms with E-state index in [-0.39, 0.29) is 0 Å². The van der Waals surface area contributed by atoms with Gasteiger partial charge in [-0.3, -0.25) is 0 Å². The van der Waals surface area contributed by atoms with Gasteiger partial charge in [0.25, 0.3) is 0 Å². The Morgan fingerprint density at radius 2 is 1.90 bits per heavy atom. The SMILES string of the molecule is COC1C[C@@H]2C[C@H](C1)N2c1nc(Cl)nc2c1CN(c1cc(C(C)C)ccc1C)CC2. The number of hydrogen-bond acceptors (Lipinski definition) is 5. The highest BCUT2D eigenvalue weighted by Crippen LogP contribution is 2.44. The number of hydrogen-bond donors (Lipinski definition) is 0. The second kappa shape index (κ2) is 7.69. The van der Waals surface area contributed by atoms with Gasteiger partial charge in [-0.2, -0.15) is 0 Å². The zero-order chi connectivity index (χ0) is 21.0. The van der Waals surface area contributed by atoms with Crippen LogP contribution in [-0.2, 0) is 17.7 Å². The number of aryl methyl sites for hydroxylation is 1. The van der Waals surface area contributed by atoms with E-state index in [9.17, 15) is 0 Å². The molecular weight excluding hydrogens is 396 g/mol. The Kier molecular flexibility index (Phi) is 5.14. The average molecular weight is 427 g/mol. The van der Waals surface area contributed by atoms with Crippen LogP contribution in [-0.4, -0.2) is 41.8 Å². The van der Waals surface area contributed by atoms with Crippen LogP contribution in [0.5, 0.6) is 0 Å². The van der Waals surface area contributed by atoms with Gasteiger partial charge in [0.05, 0.1) is 11.8 Å². The van der Waals surface area contributed by atoms with Crippen molar-refractivity contribution in [2.75, 3.05) is 23.5 Å². The Labute approximate surface area is 184 Å². The number of aromatic nitrogens is 2. The van der Waals surface area contributed by atoms with Gasteiger partial charge in [-0.15, -0.1) is 0 Å². The highest BCUT2D eigenvalue weighted by molar-refractivity contribution is 6.28. The lowest BCUT2D eigenvalue weighted by atomic mass is 9.77. The third-order valence-electron chi connectivity index (χ3n) is 7.23. The van der Waals surface area contributed by atoms with Crippen LogP contribution in [0.1, 0.15) is 61.4 Å². The second-order valence-electron chi connectivity index (χ2n) is 9.39. The van der Waals surface area contributed by atoms with Crippen molar-refractivity contribution in [2.45, 2.75) is 77.1 Å². The van der Waals surface area contributed by atoms with Crippen molar-refractivity contribution in [1.82, 2.24) is 9.97 Å². The molecule has 1 aliphatic carbocycles. The van der Waals surface area contributed by atoms with Crippen molar-refractivity contribution in [3.8, 4) is 0 Å². The first-order chi connectivity index (χ1) is 14.4. The topological polar surface area (TPSA) is 41.5 Å². The minimum absolute atomic E-state index is 0.371. The van der Waals surface area contributed by atoms with Crippen LogP contribution in [0.3, 0.4) is 0 Å². The molecule has 0 spiro atoms. The van der Waals surface area contributed by atoms with E-state index in [1.807, 2.05) is 7.11 Å². The summed E-state index contributed by atoms with van der Waals surface area (Å²) in [7, 11) is 1.83. The molecule has 30 heavy (non-hydrogen) atoms. The first kappa shape index (κ1) is 20.1. The summed E-state index contributed by atoms with van der Waals surface area (Å²) in [6, 6.07) is 7.88. The number of methoxy groups -OCH3 is 1. The lowest BCUT2D eigenvalue weighted by Crippen LogP contribution is -2.63. The Balaban J connectivity index is 1.48. The molecule has 0 radical (unpaired) electrons. The molecule has 6 heteroatoms. The summed E-state index contributed by atoms with van der Waals surface area (Å²) in [5, 5.41) is 0.378. The monoisotopic (exact) mass is 426 g/mol. The van der Waals surface area contributed by atoms with Crippen LogP contribution in [0.2, 0.25) is 5.28 Å². The normalized spacial score (nSPS) is 25.3. The number of halogens is 1. The van der Waals surface area contributed by atoms with Crippen molar-refractivity contribution in [1.29, 1.82) is 0 Å². The molecule has 160 valence electrons. The molecule has 4 heterocycles.